The Hall–Kier alpha value is -2.87. The van der Waals surface area contributed by atoms with E-state index in [2.05, 4.69) is 5.32 Å². The van der Waals surface area contributed by atoms with Crippen LogP contribution in [0.3, 0.4) is 0 Å². The molecule has 8 heteroatoms. The maximum Gasteiger partial charge on any atom is 0.339 e. The molecule has 2 aromatic carbocycles. The van der Waals surface area contributed by atoms with Crippen molar-refractivity contribution in [1.82, 2.24) is 0 Å². The van der Waals surface area contributed by atoms with E-state index in [1.165, 1.54) is 35.2 Å². The van der Waals surface area contributed by atoms with E-state index >= 15 is 0 Å². The van der Waals surface area contributed by atoms with E-state index in [-0.39, 0.29) is 28.1 Å². The normalized spacial score (nSPS) is 19.2. The van der Waals surface area contributed by atoms with E-state index < -0.39 is 16.2 Å². The van der Waals surface area contributed by atoms with Gasteiger partial charge in [0, 0.05) is 6.42 Å². The summed E-state index contributed by atoms with van der Waals surface area (Å²) in [6, 6.07) is 11.8. The van der Waals surface area contributed by atoms with Crippen LogP contribution < -0.4 is 14.4 Å². The van der Waals surface area contributed by atoms with E-state index in [1.54, 1.807) is 18.2 Å². The lowest BCUT2D eigenvalue weighted by Crippen LogP contribution is -2.45. The monoisotopic (exact) mass is 358 g/mol. The van der Waals surface area contributed by atoms with Crippen molar-refractivity contribution in [2.45, 2.75) is 23.8 Å². The molecule has 0 saturated carbocycles. The summed E-state index contributed by atoms with van der Waals surface area (Å²) in [5.74, 6) is -0.256. The number of rotatable bonds is 3. The lowest BCUT2D eigenvalue weighted by Gasteiger charge is -2.31. The minimum atomic E-state index is -4.05. The van der Waals surface area contributed by atoms with Crippen LogP contribution in [0.4, 0.5) is 11.4 Å². The van der Waals surface area contributed by atoms with E-state index in [1.807, 2.05) is 0 Å². The average Bonchev–Trinajstić information content (AvgIpc) is 2.98. The van der Waals surface area contributed by atoms with Gasteiger partial charge < -0.3 is 9.50 Å². The molecule has 2 aliphatic heterocycles. The van der Waals surface area contributed by atoms with E-state index in [9.17, 15) is 18.0 Å². The molecule has 4 rings (SSSR count). The number of nitrogens with zero attached hydrogens (tertiary/aromatic N) is 1. The van der Waals surface area contributed by atoms with Gasteiger partial charge in [0.1, 0.15) is 16.7 Å². The van der Waals surface area contributed by atoms with Crippen LogP contribution in [0.15, 0.2) is 53.4 Å². The summed E-state index contributed by atoms with van der Waals surface area (Å²) < 4.78 is 30.0. The molecule has 0 aromatic heterocycles. The summed E-state index contributed by atoms with van der Waals surface area (Å²) in [5.41, 5.74) is 0.792. The van der Waals surface area contributed by atoms with Crippen molar-refractivity contribution in [3.8, 4) is 5.75 Å². The Kier molecular flexibility index (Phi) is 3.50. The first kappa shape index (κ1) is 15.6. The zero-order valence-electron chi connectivity index (χ0n) is 13.0. The summed E-state index contributed by atoms with van der Waals surface area (Å²) >= 11 is 0. The Balaban J connectivity index is 1.71. The second kappa shape index (κ2) is 5.59. The van der Waals surface area contributed by atoms with Crippen molar-refractivity contribution in [2.75, 3.05) is 10.2 Å². The average molecular weight is 358 g/mol. The van der Waals surface area contributed by atoms with Gasteiger partial charge in [0.15, 0.2) is 0 Å². The van der Waals surface area contributed by atoms with Gasteiger partial charge in [-0.25, -0.2) is 0 Å². The van der Waals surface area contributed by atoms with Crippen molar-refractivity contribution in [3.05, 3.63) is 48.5 Å². The molecule has 0 bridgehead atoms. The van der Waals surface area contributed by atoms with Gasteiger partial charge in [-0.3, -0.25) is 14.5 Å². The summed E-state index contributed by atoms with van der Waals surface area (Å²) in [6.45, 7) is 0. The fourth-order valence-corrected chi connectivity index (χ4v) is 4.04. The number of hydrogen-bond donors (Lipinski definition) is 1. The molecule has 1 atom stereocenters. The smallest absolute Gasteiger partial charge is 0.339 e. The first-order valence-corrected chi connectivity index (χ1v) is 9.13. The molecule has 0 radical (unpaired) electrons. The molecule has 2 heterocycles. The molecule has 1 N–H and O–H groups in total. The molecule has 2 amide bonds. The van der Waals surface area contributed by atoms with Gasteiger partial charge >= 0.3 is 10.1 Å². The van der Waals surface area contributed by atoms with E-state index in [0.717, 1.165) is 0 Å². The molecule has 2 aromatic rings. The van der Waals surface area contributed by atoms with Gasteiger partial charge in [0.2, 0.25) is 11.8 Å². The Morgan fingerprint density at radius 1 is 1.08 bits per heavy atom. The van der Waals surface area contributed by atoms with Gasteiger partial charge in [-0.05, 0) is 36.8 Å². The fourth-order valence-electron chi connectivity index (χ4n) is 3.08. The molecular formula is C17H14N2O5S. The number of benzene rings is 2. The first-order chi connectivity index (χ1) is 12.0. The second-order valence-corrected chi connectivity index (χ2v) is 7.38. The number of nitrogens with one attached hydrogen (secondary N) is 1. The number of fused-ring (bicyclic) bond motifs is 3. The molecule has 128 valence electrons. The highest BCUT2D eigenvalue weighted by Crippen LogP contribution is 2.38. The van der Waals surface area contributed by atoms with Crippen molar-refractivity contribution in [3.63, 3.8) is 0 Å². The Bertz CT molecular complexity index is 972. The fraction of sp³-hybridized carbons (Fsp3) is 0.176. The zero-order chi connectivity index (χ0) is 17.6. The molecule has 0 aliphatic carbocycles. The highest BCUT2D eigenvalue weighted by atomic mass is 32.2. The maximum atomic E-state index is 12.4. The van der Waals surface area contributed by atoms with Crippen LogP contribution in [0.25, 0.3) is 0 Å². The lowest BCUT2D eigenvalue weighted by atomic mass is 10.1. The highest BCUT2D eigenvalue weighted by Gasteiger charge is 2.41. The number of hydrogen-bond acceptors (Lipinski definition) is 5. The SMILES string of the molecule is O=C1Nc2cc(S(=O)(=O)Oc3ccccc3)ccc2N2C(=O)CCC12. The molecule has 1 saturated heterocycles. The third kappa shape index (κ3) is 2.64. The van der Waals surface area contributed by atoms with Crippen molar-refractivity contribution >= 4 is 33.3 Å². The van der Waals surface area contributed by atoms with Gasteiger partial charge in [-0.2, -0.15) is 8.42 Å². The van der Waals surface area contributed by atoms with Crippen LogP contribution >= 0.6 is 0 Å². The number of carbonyl (C=O) groups is 2. The van der Waals surface area contributed by atoms with Gasteiger partial charge in [0.25, 0.3) is 0 Å². The molecule has 1 fully saturated rings. The predicted molar refractivity (Wildman–Crippen MR) is 89.8 cm³/mol. The van der Waals surface area contributed by atoms with Crippen molar-refractivity contribution in [2.24, 2.45) is 0 Å². The van der Waals surface area contributed by atoms with Crippen LogP contribution in [-0.2, 0) is 19.7 Å². The quantitative estimate of drug-likeness (QED) is 0.846. The molecular weight excluding hydrogens is 344 g/mol. The van der Waals surface area contributed by atoms with Crippen LogP contribution in [-0.4, -0.2) is 26.3 Å². The summed E-state index contributed by atoms with van der Waals surface area (Å²) in [5, 5.41) is 2.68. The third-order valence-corrected chi connectivity index (χ3v) is 5.48. The third-order valence-electron chi connectivity index (χ3n) is 4.24. The minimum Gasteiger partial charge on any atom is -0.379 e. The Labute approximate surface area is 144 Å². The number of amides is 2. The van der Waals surface area contributed by atoms with Crippen LogP contribution in [0, 0.1) is 0 Å². The predicted octanol–water partition coefficient (Wildman–Crippen LogP) is 1.90. The summed E-state index contributed by atoms with van der Waals surface area (Å²) in [6.07, 6.45) is 0.760. The number of carbonyl (C=O) groups excluding carboxylic acids is 2. The molecule has 7 nitrogen and oxygen atoms in total. The van der Waals surface area contributed by atoms with Gasteiger partial charge in [-0.15, -0.1) is 0 Å². The standard InChI is InChI=1S/C17H14N2O5S/c20-16-9-8-15-17(21)18-13-10-12(6-7-14(13)19(15)16)25(22,23)24-11-4-2-1-3-5-11/h1-7,10,15H,8-9H2,(H,18,21). The Morgan fingerprint density at radius 3 is 2.60 bits per heavy atom. The summed E-state index contributed by atoms with van der Waals surface area (Å²) in [4.78, 5) is 25.5. The largest absolute Gasteiger partial charge is 0.379 e. The lowest BCUT2D eigenvalue weighted by molar-refractivity contribution is -0.120. The number of anilines is 2. The summed E-state index contributed by atoms with van der Waals surface area (Å²) in [7, 11) is -4.05. The van der Waals surface area contributed by atoms with E-state index in [4.69, 9.17) is 4.18 Å². The minimum absolute atomic E-state index is 0.0968. The van der Waals surface area contributed by atoms with Crippen LogP contribution in [0.5, 0.6) is 5.75 Å². The van der Waals surface area contributed by atoms with Crippen molar-refractivity contribution in [1.29, 1.82) is 0 Å². The van der Waals surface area contributed by atoms with Crippen molar-refractivity contribution < 1.29 is 22.2 Å². The van der Waals surface area contributed by atoms with Crippen LogP contribution in [0.2, 0.25) is 0 Å². The molecule has 25 heavy (non-hydrogen) atoms. The molecule has 1 unspecified atom stereocenters. The van der Waals surface area contributed by atoms with Gasteiger partial charge in [-0.1, -0.05) is 18.2 Å². The topological polar surface area (TPSA) is 92.8 Å². The molecule has 0 spiro atoms. The second-order valence-electron chi connectivity index (χ2n) is 5.84. The van der Waals surface area contributed by atoms with Gasteiger partial charge in [0.05, 0.1) is 11.4 Å². The zero-order valence-corrected chi connectivity index (χ0v) is 13.8. The first-order valence-electron chi connectivity index (χ1n) is 7.72. The molecule has 2 aliphatic rings. The van der Waals surface area contributed by atoms with E-state index in [0.29, 0.717) is 18.5 Å². The maximum absolute atomic E-state index is 12.4. The number of para-hydroxylation sites is 1. The highest BCUT2D eigenvalue weighted by molar-refractivity contribution is 7.87. The van der Waals surface area contributed by atoms with Crippen LogP contribution in [0.1, 0.15) is 12.8 Å². The Morgan fingerprint density at radius 2 is 1.84 bits per heavy atom.